The average molecular weight is 713 g/mol. The van der Waals surface area contributed by atoms with Gasteiger partial charge in [-0.25, -0.2) is 33.5 Å². The number of hydrogen-bond donors (Lipinski definition) is 3. The van der Waals surface area contributed by atoms with Crippen LogP contribution < -0.4 is 25.6 Å². The molecule has 2 aromatic heterocycles. The van der Waals surface area contributed by atoms with Gasteiger partial charge >= 0.3 is 24.4 Å². The van der Waals surface area contributed by atoms with Crippen LogP contribution in [0.4, 0.5) is 40.8 Å². The maximum absolute atomic E-state index is 16.5. The van der Waals surface area contributed by atoms with Gasteiger partial charge in [0.15, 0.2) is 5.82 Å². The summed E-state index contributed by atoms with van der Waals surface area (Å²) in [4.78, 5) is 60.5. The summed E-state index contributed by atoms with van der Waals surface area (Å²) >= 11 is 0. The molecule has 4 amide bonds. The van der Waals surface area contributed by atoms with Crippen molar-refractivity contribution in [1.82, 2.24) is 15.3 Å². The lowest BCUT2D eigenvalue weighted by Crippen LogP contribution is -2.41. The highest BCUT2D eigenvalue weighted by Crippen LogP contribution is 2.39. The molecule has 51 heavy (non-hydrogen) atoms. The van der Waals surface area contributed by atoms with E-state index in [9.17, 15) is 19.2 Å². The molecule has 1 unspecified atom stereocenters. The molecule has 0 bridgehead atoms. The Labute approximate surface area is 295 Å². The Morgan fingerprint density at radius 2 is 1.51 bits per heavy atom. The number of ether oxygens (including phenoxy) is 5. The van der Waals surface area contributed by atoms with Gasteiger partial charge in [0, 0.05) is 28.9 Å². The van der Waals surface area contributed by atoms with Gasteiger partial charge in [-0.05, 0) is 92.8 Å². The molecule has 0 radical (unpaired) electrons. The minimum absolute atomic E-state index is 0.000127. The molecule has 0 fully saturated rings. The molecule has 4 rings (SSSR count). The van der Waals surface area contributed by atoms with Crippen molar-refractivity contribution in [2.24, 2.45) is 0 Å². The second kappa shape index (κ2) is 14.8. The van der Waals surface area contributed by atoms with Gasteiger partial charge in [0.25, 0.3) is 0 Å². The van der Waals surface area contributed by atoms with E-state index in [0.29, 0.717) is 5.39 Å². The van der Waals surface area contributed by atoms with Gasteiger partial charge in [-0.15, -0.1) is 0 Å². The van der Waals surface area contributed by atoms with Crippen LogP contribution in [-0.2, 0) is 18.9 Å². The van der Waals surface area contributed by atoms with E-state index < -0.39 is 53.1 Å². The summed E-state index contributed by atoms with van der Waals surface area (Å²) in [5.41, 5.74) is -2.06. The van der Waals surface area contributed by atoms with Crippen LogP contribution >= 0.6 is 0 Å². The molecule has 15 nitrogen and oxygen atoms in total. The number of fused-ring (bicyclic) bond motifs is 2. The number of carbonyl (C=O) groups excluding carboxylic acids is 4. The third kappa shape index (κ3) is 10.8. The fraction of sp³-hybridized carbons (Fsp3) is 0.486. The number of pyridine rings is 2. The molecule has 0 saturated heterocycles. The van der Waals surface area contributed by atoms with Crippen LogP contribution in [0.2, 0.25) is 0 Å². The van der Waals surface area contributed by atoms with Crippen molar-refractivity contribution < 1.29 is 47.3 Å². The van der Waals surface area contributed by atoms with E-state index in [1.165, 1.54) is 35.5 Å². The third-order valence-electron chi connectivity index (χ3n) is 6.66. The SMILES string of the molecule is CC(CNC(=O)OC(C)(C)C)OC(=O)Nc1cc2cc(-c3cnc4c(c3)N(C(=O)OC(C)(C)C)CCO4)c(F)c(NC(=O)OC(C)(C)C)c2cn1. The van der Waals surface area contributed by atoms with E-state index in [-0.39, 0.29) is 59.3 Å². The number of carbonyl (C=O) groups is 4. The second-order valence-electron chi connectivity index (χ2n) is 14.8. The molecule has 1 aliphatic heterocycles. The number of benzene rings is 1. The molecule has 16 heteroatoms. The van der Waals surface area contributed by atoms with Gasteiger partial charge in [0.05, 0.1) is 18.8 Å². The average Bonchev–Trinajstić information content (AvgIpc) is 2.98. The summed E-state index contributed by atoms with van der Waals surface area (Å²) in [6.07, 6.45) is -1.13. The van der Waals surface area contributed by atoms with Crippen molar-refractivity contribution in [1.29, 1.82) is 0 Å². The number of nitrogens with one attached hydrogen (secondary N) is 3. The maximum atomic E-state index is 16.5. The highest BCUT2D eigenvalue weighted by Gasteiger charge is 2.30. The Morgan fingerprint density at radius 1 is 0.863 bits per heavy atom. The lowest BCUT2D eigenvalue weighted by Gasteiger charge is -2.31. The fourth-order valence-electron chi connectivity index (χ4n) is 4.73. The number of alkyl carbamates (subject to hydrolysis) is 1. The van der Waals surface area contributed by atoms with E-state index in [2.05, 4.69) is 25.9 Å². The van der Waals surface area contributed by atoms with Crippen LogP contribution in [0.3, 0.4) is 0 Å². The Balaban J connectivity index is 1.68. The van der Waals surface area contributed by atoms with Crippen molar-refractivity contribution in [3.8, 4) is 17.0 Å². The summed E-state index contributed by atoms with van der Waals surface area (Å²) in [6, 6.07) is 4.49. The quantitative estimate of drug-likeness (QED) is 0.217. The van der Waals surface area contributed by atoms with Gasteiger partial charge < -0.3 is 29.0 Å². The summed E-state index contributed by atoms with van der Waals surface area (Å²) in [6.45, 7) is 17.3. The number of anilines is 3. The third-order valence-corrected chi connectivity index (χ3v) is 6.66. The predicted octanol–water partition coefficient (Wildman–Crippen LogP) is 7.38. The van der Waals surface area contributed by atoms with E-state index in [0.717, 1.165) is 0 Å². The first-order valence-electron chi connectivity index (χ1n) is 16.3. The summed E-state index contributed by atoms with van der Waals surface area (Å²) in [5.74, 6) is -0.619. The highest BCUT2D eigenvalue weighted by atomic mass is 19.1. The Bertz CT molecular complexity index is 1810. The number of aromatic nitrogens is 2. The molecule has 3 heterocycles. The van der Waals surface area contributed by atoms with Crippen LogP contribution in [0.5, 0.6) is 5.88 Å². The van der Waals surface area contributed by atoms with Gasteiger partial charge in [-0.3, -0.25) is 15.5 Å². The number of halogens is 1. The summed E-state index contributed by atoms with van der Waals surface area (Å²) in [7, 11) is 0. The molecular weight excluding hydrogens is 667 g/mol. The van der Waals surface area contributed by atoms with Gasteiger partial charge in [-0.1, -0.05) is 0 Å². The maximum Gasteiger partial charge on any atom is 0.415 e. The minimum Gasteiger partial charge on any atom is -0.474 e. The highest BCUT2D eigenvalue weighted by molar-refractivity contribution is 6.04. The normalized spacial score (nSPS) is 13.7. The molecule has 1 atom stereocenters. The summed E-state index contributed by atoms with van der Waals surface area (Å²) in [5, 5.41) is 8.11. The molecule has 1 aliphatic rings. The Hall–Kier alpha value is -5.41. The zero-order valence-electron chi connectivity index (χ0n) is 30.5. The molecule has 0 saturated carbocycles. The first-order chi connectivity index (χ1) is 23.6. The second-order valence-corrected chi connectivity index (χ2v) is 14.8. The molecule has 276 valence electrons. The van der Waals surface area contributed by atoms with E-state index in [1.54, 1.807) is 69.2 Å². The van der Waals surface area contributed by atoms with Crippen molar-refractivity contribution in [3.63, 3.8) is 0 Å². The van der Waals surface area contributed by atoms with Crippen molar-refractivity contribution in [2.75, 3.05) is 35.2 Å². The van der Waals surface area contributed by atoms with Crippen LogP contribution in [0.25, 0.3) is 21.9 Å². The van der Waals surface area contributed by atoms with E-state index >= 15 is 4.39 Å². The van der Waals surface area contributed by atoms with Crippen molar-refractivity contribution in [3.05, 3.63) is 36.4 Å². The Kier molecular flexibility index (Phi) is 11.2. The van der Waals surface area contributed by atoms with Gasteiger partial charge in [-0.2, -0.15) is 0 Å². The molecule has 0 aliphatic carbocycles. The van der Waals surface area contributed by atoms with E-state index in [4.69, 9.17) is 23.7 Å². The Morgan fingerprint density at radius 3 is 2.16 bits per heavy atom. The number of hydrogen-bond acceptors (Lipinski definition) is 11. The fourth-order valence-corrected chi connectivity index (χ4v) is 4.73. The number of nitrogens with zero attached hydrogens (tertiary/aromatic N) is 3. The first-order valence-corrected chi connectivity index (χ1v) is 16.3. The largest absolute Gasteiger partial charge is 0.474 e. The smallest absolute Gasteiger partial charge is 0.415 e. The molecular formula is C35H45FN6O9. The number of amides is 4. The molecule has 1 aromatic carbocycles. The molecule has 3 aromatic rings. The lowest BCUT2D eigenvalue weighted by atomic mass is 10.00. The topological polar surface area (TPSA) is 180 Å². The zero-order chi connectivity index (χ0) is 37.9. The minimum atomic E-state index is -0.910. The molecule has 3 N–H and O–H groups in total. The van der Waals surface area contributed by atoms with Crippen LogP contribution in [0.1, 0.15) is 69.2 Å². The first kappa shape index (κ1) is 38.4. The van der Waals surface area contributed by atoms with Crippen LogP contribution in [0, 0.1) is 5.82 Å². The summed E-state index contributed by atoms with van der Waals surface area (Å²) < 4.78 is 43.6. The van der Waals surface area contributed by atoms with E-state index in [1.807, 2.05) is 0 Å². The van der Waals surface area contributed by atoms with Crippen molar-refractivity contribution >= 4 is 52.3 Å². The molecule has 0 spiro atoms. The van der Waals surface area contributed by atoms with Crippen LogP contribution in [-0.4, -0.2) is 76.9 Å². The van der Waals surface area contributed by atoms with Gasteiger partial charge in [0.2, 0.25) is 5.88 Å². The number of rotatable bonds is 6. The lowest BCUT2D eigenvalue weighted by molar-refractivity contribution is 0.0484. The monoisotopic (exact) mass is 712 g/mol. The van der Waals surface area contributed by atoms with Crippen LogP contribution in [0.15, 0.2) is 30.6 Å². The standard InChI is InChI=1S/C35H45FN6O9/c1-19(16-39-29(43)49-33(2,3)4)48-30(44)40-25-15-20-13-22(26(36)27(23(20)18-37-25)41-31(45)50-34(5,6)7)21-14-24-28(38-17-21)47-12-11-42(24)32(46)51-35(8,9)10/h13-15,17-19H,11-12,16H2,1-10H3,(H,39,43)(H,41,45)(H,37,40,44). The van der Waals surface area contributed by atoms with Gasteiger partial charge in [0.1, 0.15) is 41.0 Å². The predicted molar refractivity (Wildman–Crippen MR) is 188 cm³/mol. The van der Waals surface area contributed by atoms with Crippen molar-refractivity contribution in [2.45, 2.75) is 92.1 Å². The zero-order valence-corrected chi connectivity index (χ0v) is 30.5.